The van der Waals surface area contributed by atoms with Gasteiger partial charge in [0.25, 0.3) is 11.5 Å². The summed E-state index contributed by atoms with van der Waals surface area (Å²) in [5, 5.41) is 0. The van der Waals surface area contributed by atoms with Crippen molar-refractivity contribution < 1.29 is 9.18 Å². The Kier molecular flexibility index (Phi) is 5.84. The highest BCUT2D eigenvalue weighted by Crippen LogP contribution is 2.26. The molecule has 0 unspecified atom stereocenters. The van der Waals surface area contributed by atoms with Crippen LogP contribution in [0, 0.1) is 12.8 Å². The topological polar surface area (TPSA) is 61.1 Å². The van der Waals surface area contributed by atoms with Gasteiger partial charge in [0.05, 0.1) is 6.54 Å². The second-order valence-electron chi connectivity index (χ2n) is 7.05. The lowest BCUT2D eigenvalue weighted by molar-refractivity contribution is 0.0948. The van der Waals surface area contributed by atoms with Gasteiger partial charge in [-0.1, -0.05) is 37.5 Å². The normalized spacial score (nSPS) is 15.7. The van der Waals surface area contributed by atoms with Crippen LogP contribution in [0.25, 0.3) is 0 Å². The second kappa shape index (κ2) is 8.29. The fourth-order valence-corrected chi connectivity index (χ4v) is 3.51. The Bertz CT molecular complexity index is 967. The summed E-state index contributed by atoms with van der Waals surface area (Å²) in [7, 11) is 0. The molecule has 0 amide bonds. The molecule has 1 aliphatic rings. The van der Waals surface area contributed by atoms with Gasteiger partial charge in [-0.2, -0.15) is 4.57 Å². The number of nitrogens with zero attached hydrogens (tertiary/aromatic N) is 2. The summed E-state index contributed by atoms with van der Waals surface area (Å²) in [5.41, 5.74) is -1.06. The number of hydrogen-bond acceptors (Lipinski definition) is 3. The van der Waals surface area contributed by atoms with Crippen LogP contribution < -0.4 is 11.2 Å². The molecule has 0 aliphatic heterocycles. The molecule has 1 aromatic carbocycles. The van der Waals surface area contributed by atoms with E-state index in [1.54, 1.807) is 24.3 Å². The maximum Gasteiger partial charge on any atom is 0.338 e. The highest BCUT2D eigenvalue weighted by Gasteiger charge is 2.18. The van der Waals surface area contributed by atoms with Gasteiger partial charge in [-0.3, -0.25) is 14.2 Å². The molecule has 1 aliphatic carbocycles. The van der Waals surface area contributed by atoms with Crippen LogP contribution in [0.3, 0.4) is 0 Å². The van der Waals surface area contributed by atoms with Crippen molar-refractivity contribution in [3.05, 3.63) is 80.4 Å². The van der Waals surface area contributed by atoms with Crippen LogP contribution >= 0.6 is 0 Å². The molecule has 1 fully saturated rings. The molecule has 0 saturated heterocycles. The average Bonchev–Trinajstić information content (AvgIpc) is 2.67. The quantitative estimate of drug-likeness (QED) is 0.828. The maximum atomic E-state index is 14.5. The summed E-state index contributed by atoms with van der Waals surface area (Å²) in [5.74, 6) is -0.937. The van der Waals surface area contributed by atoms with Crippen LogP contribution in [0.5, 0.6) is 0 Å². The number of halogens is 1. The van der Waals surface area contributed by atoms with E-state index in [9.17, 15) is 18.8 Å². The third kappa shape index (κ3) is 4.32. The predicted octanol–water partition coefficient (Wildman–Crippen LogP) is 3.44. The van der Waals surface area contributed by atoms with Gasteiger partial charge < -0.3 is 0 Å². The second-order valence-corrected chi connectivity index (χ2v) is 7.05. The molecule has 3 rings (SSSR count). The first-order valence-electron chi connectivity index (χ1n) is 9.26. The van der Waals surface area contributed by atoms with Crippen molar-refractivity contribution in [2.45, 2.75) is 45.6 Å². The van der Waals surface area contributed by atoms with Crippen LogP contribution in [0.1, 0.15) is 48.0 Å². The van der Waals surface area contributed by atoms with E-state index < -0.39 is 23.0 Å². The minimum Gasteiger partial charge on any atom is -0.293 e. The highest BCUT2D eigenvalue weighted by molar-refractivity contribution is 5.95. The van der Waals surface area contributed by atoms with Crippen LogP contribution in [-0.4, -0.2) is 15.0 Å². The van der Waals surface area contributed by atoms with Gasteiger partial charge in [-0.05, 0) is 43.9 Å². The van der Waals surface area contributed by atoms with Crippen molar-refractivity contribution in [3.8, 4) is 0 Å². The van der Waals surface area contributed by atoms with Gasteiger partial charge in [0.15, 0.2) is 0 Å². The number of carbonyl (C=O) groups is 1. The van der Waals surface area contributed by atoms with Crippen molar-refractivity contribution in [2.24, 2.45) is 5.92 Å². The first-order valence-corrected chi connectivity index (χ1v) is 9.26. The zero-order chi connectivity index (χ0) is 19.4. The first kappa shape index (κ1) is 19.0. The van der Waals surface area contributed by atoms with Crippen molar-refractivity contribution in [1.82, 2.24) is 9.13 Å². The zero-order valence-corrected chi connectivity index (χ0v) is 15.4. The summed E-state index contributed by atoms with van der Waals surface area (Å²) in [6, 6.07) is 8.10. The van der Waals surface area contributed by atoms with Crippen molar-refractivity contribution in [2.75, 3.05) is 0 Å². The van der Waals surface area contributed by atoms with Gasteiger partial charge in [-0.15, -0.1) is 0 Å². The molecule has 1 saturated carbocycles. The van der Waals surface area contributed by atoms with E-state index in [-0.39, 0.29) is 23.6 Å². The SMILES string of the molecule is Cc1cn(C/C(F)=C/C2CCCCC2)c(=O)n(C(=O)c2ccccc2)c1=O. The van der Waals surface area contributed by atoms with Crippen molar-refractivity contribution in [3.63, 3.8) is 0 Å². The highest BCUT2D eigenvalue weighted by atomic mass is 19.1. The summed E-state index contributed by atoms with van der Waals surface area (Å²) in [6.45, 7) is 1.23. The smallest absolute Gasteiger partial charge is 0.293 e. The van der Waals surface area contributed by atoms with E-state index in [0.717, 1.165) is 30.3 Å². The molecule has 142 valence electrons. The molecule has 1 aromatic heterocycles. The van der Waals surface area contributed by atoms with E-state index in [2.05, 4.69) is 0 Å². The average molecular weight is 370 g/mol. The van der Waals surface area contributed by atoms with E-state index in [1.807, 2.05) is 0 Å². The molecule has 0 spiro atoms. The van der Waals surface area contributed by atoms with Gasteiger partial charge in [0.1, 0.15) is 5.83 Å². The Labute approximate surface area is 156 Å². The number of hydrogen-bond donors (Lipinski definition) is 0. The van der Waals surface area contributed by atoms with Crippen molar-refractivity contribution in [1.29, 1.82) is 0 Å². The summed E-state index contributed by atoms with van der Waals surface area (Å²) in [4.78, 5) is 37.7. The molecule has 0 bridgehead atoms. The third-order valence-electron chi connectivity index (χ3n) is 4.94. The van der Waals surface area contributed by atoms with Gasteiger partial charge in [0, 0.05) is 17.3 Å². The van der Waals surface area contributed by atoms with E-state index in [1.165, 1.54) is 31.7 Å². The molecule has 1 heterocycles. The minimum absolute atomic E-state index is 0.187. The van der Waals surface area contributed by atoms with E-state index in [4.69, 9.17) is 0 Å². The lowest BCUT2D eigenvalue weighted by Gasteiger charge is -2.18. The first-order chi connectivity index (χ1) is 13.0. The molecular formula is C21H23FN2O3. The molecule has 0 atom stereocenters. The monoisotopic (exact) mass is 370 g/mol. The van der Waals surface area contributed by atoms with Gasteiger partial charge >= 0.3 is 5.69 Å². The minimum atomic E-state index is -0.827. The Morgan fingerprint density at radius 2 is 1.81 bits per heavy atom. The molecule has 2 aromatic rings. The molecule has 5 nitrogen and oxygen atoms in total. The predicted molar refractivity (Wildman–Crippen MR) is 102 cm³/mol. The molecule has 0 radical (unpaired) electrons. The number of benzene rings is 1. The Balaban J connectivity index is 1.94. The number of aryl methyl sites for hydroxylation is 1. The standard InChI is InChI=1S/C21H23FN2O3/c1-15-13-23(14-18(22)12-16-8-4-2-5-9-16)21(27)24(19(15)25)20(26)17-10-6-3-7-11-17/h3,6-7,10-13,16H,2,4-5,8-9,14H2,1H3/b18-12-. The molecule has 6 heteroatoms. The Hall–Kier alpha value is -2.76. The van der Waals surface area contributed by atoms with E-state index >= 15 is 0 Å². The summed E-state index contributed by atoms with van der Waals surface area (Å²) < 4.78 is 16.1. The Morgan fingerprint density at radius 3 is 2.48 bits per heavy atom. The Morgan fingerprint density at radius 1 is 1.15 bits per heavy atom. The number of carbonyl (C=O) groups excluding carboxylic acids is 1. The number of allylic oxidation sites excluding steroid dienone is 2. The summed E-state index contributed by atoms with van der Waals surface area (Å²) in [6.07, 6.45) is 8.15. The maximum absolute atomic E-state index is 14.5. The molecular weight excluding hydrogens is 347 g/mol. The third-order valence-corrected chi connectivity index (χ3v) is 4.94. The fourth-order valence-electron chi connectivity index (χ4n) is 3.51. The van der Waals surface area contributed by atoms with Crippen LogP contribution in [0.4, 0.5) is 4.39 Å². The number of aromatic nitrogens is 2. The van der Waals surface area contributed by atoms with Crippen molar-refractivity contribution >= 4 is 5.91 Å². The van der Waals surface area contributed by atoms with Gasteiger partial charge in [-0.25, -0.2) is 9.18 Å². The van der Waals surface area contributed by atoms with E-state index in [0.29, 0.717) is 4.57 Å². The van der Waals surface area contributed by atoms with Crippen LogP contribution in [0.2, 0.25) is 0 Å². The lowest BCUT2D eigenvalue weighted by atomic mass is 9.89. The lowest BCUT2D eigenvalue weighted by Crippen LogP contribution is -2.44. The van der Waals surface area contributed by atoms with Gasteiger partial charge in [0.2, 0.25) is 0 Å². The fraction of sp³-hybridized carbons (Fsp3) is 0.381. The molecule has 0 N–H and O–H groups in total. The van der Waals surface area contributed by atoms with Crippen LogP contribution in [0.15, 0.2) is 58.0 Å². The molecule has 27 heavy (non-hydrogen) atoms. The largest absolute Gasteiger partial charge is 0.338 e. The summed E-state index contributed by atoms with van der Waals surface area (Å²) >= 11 is 0. The number of rotatable bonds is 4. The zero-order valence-electron chi connectivity index (χ0n) is 15.4. The van der Waals surface area contributed by atoms with Crippen LogP contribution in [-0.2, 0) is 6.54 Å².